The van der Waals surface area contributed by atoms with Crippen molar-refractivity contribution in [3.05, 3.63) is 29.6 Å². The normalized spacial score (nSPS) is 19.8. The van der Waals surface area contributed by atoms with E-state index in [1.807, 2.05) is 4.90 Å². The smallest absolute Gasteiger partial charge is 0.257 e. The number of ether oxygens (including phenoxy) is 1. The molecule has 4 nitrogen and oxygen atoms in total. The van der Waals surface area contributed by atoms with Crippen molar-refractivity contribution in [2.45, 2.75) is 19.3 Å². The third-order valence-corrected chi connectivity index (χ3v) is 4.84. The minimum absolute atomic E-state index is 0. The maximum Gasteiger partial charge on any atom is 0.257 e. The second-order valence-corrected chi connectivity index (χ2v) is 6.06. The zero-order valence-corrected chi connectivity index (χ0v) is 13.5. The first-order chi connectivity index (χ1) is 10.1. The number of piperidine rings is 1. The van der Waals surface area contributed by atoms with Gasteiger partial charge in [-0.15, -0.1) is 12.4 Å². The molecule has 0 saturated carbocycles. The Labute approximate surface area is 136 Å². The summed E-state index contributed by atoms with van der Waals surface area (Å²) in [6.45, 7) is 3.60. The molecule has 1 N–H and O–H groups in total. The van der Waals surface area contributed by atoms with E-state index in [0.29, 0.717) is 16.7 Å². The molecule has 1 amide bonds. The third-order valence-electron chi connectivity index (χ3n) is 4.84. The average molecular weight is 329 g/mol. The molecule has 0 atom stereocenters. The summed E-state index contributed by atoms with van der Waals surface area (Å²) in [6.07, 6.45) is 3.23. The number of nitrogens with one attached hydrogen (secondary N) is 1. The van der Waals surface area contributed by atoms with E-state index in [1.165, 1.54) is 31.7 Å². The topological polar surface area (TPSA) is 41.6 Å². The number of carbonyl (C=O) groups is 1. The number of benzene rings is 1. The summed E-state index contributed by atoms with van der Waals surface area (Å²) in [6, 6.07) is 4.09. The lowest BCUT2D eigenvalue weighted by atomic mass is 9.78. The maximum absolute atomic E-state index is 13.4. The van der Waals surface area contributed by atoms with Gasteiger partial charge in [-0.1, -0.05) is 0 Å². The molecule has 0 radical (unpaired) electrons. The van der Waals surface area contributed by atoms with Crippen LogP contribution in [0.5, 0.6) is 5.75 Å². The number of rotatable bonds is 2. The van der Waals surface area contributed by atoms with E-state index in [9.17, 15) is 9.18 Å². The van der Waals surface area contributed by atoms with Crippen molar-refractivity contribution in [1.82, 2.24) is 10.2 Å². The van der Waals surface area contributed by atoms with Gasteiger partial charge in [-0.3, -0.25) is 4.79 Å². The molecule has 2 saturated heterocycles. The quantitative estimate of drug-likeness (QED) is 0.907. The zero-order valence-electron chi connectivity index (χ0n) is 12.7. The molecule has 22 heavy (non-hydrogen) atoms. The van der Waals surface area contributed by atoms with Crippen molar-refractivity contribution in [3.8, 4) is 5.75 Å². The van der Waals surface area contributed by atoms with Crippen LogP contribution in [0, 0.1) is 11.2 Å². The van der Waals surface area contributed by atoms with E-state index >= 15 is 0 Å². The molecule has 6 heteroatoms. The van der Waals surface area contributed by atoms with Gasteiger partial charge in [0.25, 0.3) is 5.91 Å². The minimum atomic E-state index is -0.410. The Morgan fingerprint density at radius 3 is 2.64 bits per heavy atom. The lowest BCUT2D eigenvalue weighted by molar-refractivity contribution is 0.0604. The Morgan fingerprint density at radius 2 is 2.05 bits per heavy atom. The number of carbonyl (C=O) groups excluding carboxylic acids is 1. The molecule has 2 aliphatic rings. The molecule has 2 aliphatic heterocycles. The second-order valence-electron chi connectivity index (χ2n) is 6.06. The van der Waals surface area contributed by atoms with Crippen LogP contribution in [0.2, 0.25) is 0 Å². The summed E-state index contributed by atoms with van der Waals surface area (Å²) in [7, 11) is 1.50. The standard InChI is InChI=1S/C16H21FN2O2.ClH/c1-21-14-3-2-12(17)10-13(14)15(20)19-8-5-16(6-9-19)4-7-18-11-16;/h2-3,10,18H,4-9,11H2,1H3;1H. The molecule has 1 aromatic rings. The Balaban J connectivity index is 0.00000176. The second kappa shape index (κ2) is 6.84. The maximum atomic E-state index is 13.4. The van der Waals surface area contributed by atoms with E-state index in [0.717, 1.165) is 39.0 Å². The summed E-state index contributed by atoms with van der Waals surface area (Å²) in [5.41, 5.74) is 0.681. The van der Waals surface area contributed by atoms with Crippen molar-refractivity contribution >= 4 is 18.3 Å². The van der Waals surface area contributed by atoms with Gasteiger partial charge in [0.05, 0.1) is 12.7 Å². The number of likely N-dealkylation sites (tertiary alicyclic amines) is 1. The first-order valence-corrected chi connectivity index (χ1v) is 7.47. The molecular formula is C16H22ClFN2O2. The first-order valence-electron chi connectivity index (χ1n) is 7.47. The van der Waals surface area contributed by atoms with Crippen LogP contribution in [0.4, 0.5) is 4.39 Å². The molecule has 0 unspecified atom stereocenters. The molecule has 0 bridgehead atoms. The summed E-state index contributed by atoms with van der Waals surface area (Å²) in [5.74, 6) is -0.107. The van der Waals surface area contributed by atoms with Crippen molar-refractivity contribution in [1.29, 1.82) is 0 Å². The molecule has 1 aromatic carbocycles. The largest absolute Gasteiger partial charge is 0.496 e. The summed E-state index contributed by atoms with van der Waals surface area (Å²) in [5, 5.41) is 3.41. The van der Waals surface area contributed by atoms with Gasteiger partial charge in [0.15, 0.2) is 0 Å². The van der Waals surface area contributed by atoms with E-state index in [4.69, 9.17) is 4.74 Å². The third kappa shape index (κ3) is 3.20. The highest BCUT2D eigenvalue weighted by Gasteiger charge is 2.38. The number of halogens is 2. The van der Waals surface area contributed by atoms with E-state index < -0.39 is 5.82 Å². The van der Waals surface area contributed by atoms with Gasteiger partial charge >= 0.3 is 0 Å². The molecule has 2 fully saturated rings. The Bertz CT molecular complexity index is 537. The highest BCUT2D eigenvalue weighted by Crippen LogP contribution is 2.37. The fourth-order valence-electron chi connectivity index (χ4n) is 3.42. The zero-order chi connectivity index (χ0) is 14.9. The lowest BCUT2D eigenvalue weighted by Gasteiger charge is -2.39. The average Bonchev–Trinajstić information content (AvgIpc) is 2.95. The Morgan fingerprint density at radius 1 is 1.32 bits per heavy atom. The fraction of sp³-hybridized carbons (Fsp3) is 0.562. The van der Waals surface area contributed by atoms with Crippen LogP contribution in [0.3, 0.4) is 0 Å². The van der Waals surface area contributed by atoms with E-state index in [1.54, 1.807) is 0 Å². The Hall–Kier alpha value is -1.33. The van der Waals surface area contributed by atoms with Crippen LogP contribution in [0.15, 0.2) is 18.2 Å². The van der Waals surface area contributed by atoms with Gasteiger partial charge in [-0.2, -0.15) is 0 Å². The molecule has 0 aliphatic carbocycles. The van der Waals surface area contributed by atoms with Crippen LogP contribution in [0.25, 0.3) is 0 Å². The number of methoxy groups -OCH3 is 1. The van der Waals surface area contributed by atoms with Crippen molar-refractivity contribution in [2.75, 3.05) is 33.3 Å². The first kappa shape index (κ1) is 17.0. The van der Waals surface area contributed by atoms with Gasteiger partial charge in [-0.25, -0.2) is 4.39 Å². The lowest BCUT2D eigenvalue weighted by Crippen LogP contribution is -2.44. The number of hydrogen-bond donors (Lipinski definition) is 1. The van der Waals surface area contributed by atoms with Gasteiger partial charge in [0.1, 0.15) is 11.6 Å². The summed E-state index contributed by atoms with van der Waals surface area (Å²) in [4.78, 5) is 14.4. The van der Waals surface area contributed by atoms with Crippen LogP contribution in [-0.4, -0.2) is 44.1 Å². The number of hydrogen-bond acceptors (Lipinski definition) is 3. The van der Waals surface area contributed by atoms with Gasteiger partial charge in [0, 0.05) is 19.6 Å². The molecular weight excluding hydrogens is 307 g/mol. The van der Waals surface area contributed by atoms with E-state index in [2.05, 4.69) is 5.32 Å². The number of nitrogens with zero attached hydrogens (tertiary/aromatic N) is 1. The van der Waals surface area contributed by atoms with Crippen LogP contribution in [-0.2, 0) is 0 Å². The molecule has 3 rings (SSSR count). The predicted octanol–water partition coefficient (Wildman–Crippen LogP) is 2.47. The van der Waals surface area contributed by atoms with Crippen LogP contribution in [0.1, 0.15) is 29.6 Å². The highest BCUT2D eigenvalue weighted by atomic mass is 35.5. The Kier molecular flexibility index (Phi) is 5.29. The predicted molar refractivity (Wildman–Crippen MR) is 85.3 cm³/mol. The number of amides is 1. The monoisotopic (exact) mass is 328 g/mol. The SMILES string of the molecule is COc1ccc(F)cc1C(=O)N1CCC2(CCNC2)CC1.Cl. The highest BCUT2D eigenvalue weighted by molar-refractivity contribution is 5.97. The van der Waals surface area contributed by atoms with Gasteiger partial charge < -0.3 is 15.0 Å². The van der Waals surface area contributed by atoms with Crippen LogP contribution < -0.4 is 10.1 Å². The minimum Gasteiger partial charge on any atom is -0.496 e. The van der Waals surface area contributed by atoms with Crippen LogP contribution >= 0.6 is 12.4 Å². The molecule has 1 spiro atoms. The summed E-state index contributed by atoms with van der Waals surface area (Å²) >= 11 is 0. The van der Waals surface area contributed by atoms with Gasteiger partial charge in [-0.05, 0) is 49.4 Å². The fourth-order valence-corrected chi connectivity index (χ4v) is 3.42. The molecule has 122 valence electrons. The van der Waals surface area contributed by atoms with Gasteiger partial charge in [0.2, 0.25) is 0 Å². The van der Waals surface area contributed by atoms with E-state index in [-0.39, 0.29) is 18.3 Å². The van der Waals surface area contributed by atoms with Crippen molar-refractivity contribution in [3.63, 3.8) is 0 Å². The molecule has 0 aromatic heterocycles. The molecule has 2 heterocycles. The van der Waals surface area contributed by atoms with Crippen molar-refractivity contribution < 1.29 is 13.9 Å². The summed E-state index contributed by atoms with van der Waals surface area (Å²) < 4.78 is 18.6. The van der Waals surface area contributed by atoms with Crippen molar-refractivity contribution in [2.24, 2.45) is 5.41 Å².